The van der Waals surface area contributed by atoms with E-state index >= 15 is 4.39 Å². The number of halogens is 3. The molecule has 6 heterocycles. The third kappa shape index (κ3) is 4.56. The minimum Gasteiger partial charge on any atom is -0.508 e. The van der Waals surface area contributed by atoms with Crippen LogP contribution in [0.25, 0.3) is 39.0 Å². The predicted octanol–water partition coefficient (Wildman–Crippen LogP) is 5.41. The summed E-state index contributed by atoms with van der Waals surface area (Å²) in [6.45, 7) is 6.81. The number of alkyl halides is 1. The van der Waals surface area contributed by atoms with Crippen LogP contribution in [0.4, 0.5) is 19.0 Å². The first-order chi connectivity index (χ1) is 21.8. The maximum absolute atomic E-state index is 16.9. The molecule has 4 aliphatic heterocycles. The lowest BCUT2D eigenvalue weighted by Crippen LogP contribution is -2.43. The van der Waals surface area contributed by atoms with Crippen LogP contribution in [0.5, 0.6) is 17.6 Å². The summed E-state index contributed by atoms with van der Waals surface area (Å²) in [5, 5.41) is 11.7. The van der Waals surface area contributed by atoms with Crippen LogP contribution in [-0.2, 0) is 4.74 Å². The molecule has 2 aromatic heterocycles. The van der Waals surface area contributed by atoms with Crippen molar-refractivity contribution in [1.82, 2.24) is 19.9 Å². The van der Waals surface area contributed by atoms with E-state index in [0.717, 1.165) is 19.4 Å². The molecule has 0 unspecified atom stereocenters. The minimum atomic E-state index is -0.929. The van der Waals surface area contributed by atoms with Crippen LogP contribution < -0.4 is 14.4 Å². The van der Waals surface area contributed by atoms with Gasteiger partial charge in [-0.3, -0.25) is 4.90 Å². The van der Waals surface area contributed by atoms with E-state index in [0.29, 0.717) is 55.7 Å². The number of aromatic nitrogens is 3. The number of aromatic hydroxyl groups is 1. The van der Waals surface area contributed by atoms with Crippen LogP contribution in [0, 0.1) is 11.6 Å². The Hall–Kier alpha value is -4.16. The summed E-state index contributed by atoms with van der Waals surface area (Å²) in [6.07, 6.45) is 3.19. The summed E-state index contributed by atoms with van der Waals surface area (Å²) in [6, 6.07) is 5.44. The second kappa shape index (κ2) is 10.7. The smallest absolute Gasteiger partial charge is 0.319 e. The number of fused-ring (bicyclic) bond motifs is 4. The molecule has 234 valence electrons. The normalized spacial score (nSPS) is 24.6. The molecule has 0 amide bonds. The molecule has 0 bridgehead atoms. The van der Waals surface area contributed by atoms with Crippen molar-refractivity contribution in [3.05, 3.63) is 48.0 Å². The Bertz CT molecular complexity index is 1860. The van der Waals surface area contributed by atoms with Gasteiger partial charge in [-0.2, -0.15) is 9.97 Å². The Morgan fingerprint density at radius 2 is 2.02 bits per heavy atom. The van der Waals surface area contributed by atoms with Gasteiger partial charge in [0, 0.05) is 42.6 Å². The minimum absolute atomic E-state index is 0.0348. The van der Waals surface area contributed by atoms with Crippen molar-refractivity contribution in [3.8, 4) is 28.9 Å². The van der Waals surface area contributed by atoms with Gasteiger partial charge in [-0.1, -0.05) is 18.7 Å². The first kappa shape index (κ1) is 28.3. The number of nitrogens with zero attached hydrogens (tertiary/aromatic N) is 5. The van der Waals surface area contributed by atoms with E-state index in [-0.39, 0.29) is 64.6 Å². The van der Waals surface area contributed by atoms with Crippen LogP contribution in [0.2, 0.25) is 0 Å². The molecular formula is C33H32F3N5O4. The van der Waals surface area contributed by atoms with Gasteiger partial charge in [0.1, 0.15) is 53.4 Å². The quantitative estimate of drug-likeness (QED) is 0.315. The van der Waals surface area contributed by atoms with Gasteiger partial charge in [-0.25, -0.2) is 18.2 Å². The summed E-state index contributed by atoms with van der Waals surface area (Å²) in [4.78, 5) is 18.2. The molecular weight excluding hydrogens is 587 g/mol. The van der Waals surface area contributed by atoms with Gasteiger partial charge in [-0.05, 0) is 49.4 Å². The van der Waals surface area contributed by atoms with Crippen LogP contribution in [-0.4, -0.2) is 88.8 Å². The Morgan fingerprint density at radius 1 is 1.13 bits per heavy atom. The molecule has 0 aliphatic carbocycles. The Morgan fingerprint density at radius 3 is 2.89 bits per heavy atom. The van der Waals surface area contributed by atoms with Gasteiger partial charge >= 0.3 is 6.01 Å². The molecule has 2 aromatic carbocycles. The largest absolute Gasteiger partial charge is 0.508 e. The van der Waals surface area contributed by atoms with Crippen LogP contribution in [0.3, 0.4) is 0 Å². The maximum Gasteiger partial charge on any atom is 0.319 e. The van der Waals surface area contributed by atoms with Crippen LogP contribution >= 0.6 is 0 Å². The molecule has 45 heavy (non-hydrogen) atoms. The van der Waals surface area contributed by atoms with Gasteiger partial charge in [0.25, 0.3) is 0 Å². The zero-order valence-electron chi connectivity index (χ0n) is 24.6. The van der Waals surface area contributed by atoms with Gasteiger partial charge in [0.05, 0.1) is 18.2 Å². The lowest BCUT2D eigenvalue weighted by Gasteiger charge is -2.31. The summed E-state index contributed by atoms with van der Waals surface area (Å²) in [5.41, 5.74) is -0.385. The molecule has 4 aliphatic rings. The number of phenolic OH excluding ortho intramolecular Hbond substituents is 1. The number of hydrogen-bond acceptors (Lipinski definition) is 9. The maximum atomic E-state index is 16.9. The highest BCUT2D eigenvalue weighted by Crippen LogP contribution is 2.45. The van der Waals surface area contributed by atoms with Crippen molar-refractivity contribution in [1.29, 1.82) is 0 Å². The summed E-state index contributed by atoms with van der Waals surface area (Å²) < 4.78 is 64.6. The van der Waals surface area contributed by atoms with Crippen molar-refractivity contribution in [3.63, 3.8) is 0 Å². The second-order valence-corrected chi connectivity index (χ2v) is 12.3. The molecule has 3 atom stereocenters. The highest BCUT2D eigenvalue weighted by Gasteiger charge is 2.49. The van der Waals surface area contributed by atoms with E-state index in [4.69, 9.17) is 19.2 Å². The van der Waals surface area contributed by atoms with Gasteiger partial charge in [-0.15, -0.1) is 0 Å². The predicted molar refractivity (Wildman–Crippen MR) is 163 cm³/mol. The number of pyridine rings is 1. The monoisotopic (exact) mass is 619 g/mol. The molecule has 12 heteroatoms. The molecule has 9 nitrogen and oxygen atoms in total. The van der Waals surface area contributed by atoms with Crippen molar-refractivity contribution in [2.45, 2.75) is 43.4 Å². The number of phenols is 1. The first-order valence-corrected chi connectivity index (χ1v) is 15.3. The van der Waals surface area contributed by atoms with Crippen molar-refractivity contribution < 1.29 is 32.5 Å². The fourth-order valence-corrected chi connectivity index (χ4v) is 7.60. The van der Waals surface area contributed by atoms with E-state index < -0.39 is 23.3 Å². The summed E-state index contributed by atoms with van der Waals surface area (Å²) in [5.74, 6) is -0.937. The SMILES string of the molecule is C=Cc1c(F)ccc2cc(O)cc(-c3nc4c5c(nc(OC[C@@]67CCCN6C[C@H](F)C7)nc5c3F)N3CCOCC[C@H]3CO4)c12. The number of rotatable bonds is 5. The lowest BCUT2D eigenvalue weighted by molar-refractivity contribution is 0.107. The Balaban J connectivity index is 1.33. The third-order valence-corrected chi connectivity index (χ3v) is 9.69. The van der Waals surface area contributed by atoms with E-state index in [9.17, 15) is 13.9 Å². The zero-order valence-corrected chi connectivity index (χ0v) is 24.6. The average molecular weight is 620 g/mol. The number of hydrogen-bond donors (Lipinski definition) is 1. The number of ether oxygens (including phenoxy) is 3. The zero-order chi connectivity index (χ0) is 30.9. The Labute approximate surface area is 257 Å². The van der Waals surface area contributed by atoms with Crippen molar-refractivity contribution >= 4 is 33.6 Å². The standard InChI is InChI=1S/C33H32F3N5O4/c1-2-22-24(35)5-4-18-12-21(42)13-23(25(18)22)28-27(36)29-26-30(41-9-11-43-10-6-20(41)16-44-31(26)37-28)39-32(38-29)45-17-33-7-3-8-40(33)15-19(34)14-33/h2,4-5,12-13,19-20,42H,1,3,6-11,14-17H2/t19-,20+,33+/m1/s1. The molecule has 0 spiro atoms. The highest BCUT2D eigenvalue weighted by atomic mass is 19.1. The van der Waals surface area contributed by atoms with E-state index in [2.05, 4.69) is 21.4 Å². The Kier molecular flexibility index (Phi) is 6.75. The molecule has 4 aromatic rings. The molecule has 3 saturated heterocycles. The topological polar surface area (TPSA) is 93.1 Å². The van der Waals surface area contributed by atoms with Gasteiger partial charge in [0.2, 0.25) is 5.88 Å². The average Bonchev–Trinajstić information content (AvgIpc) is 3.38. The fourth-order valence-electron chi connectivity index (χ4n) is 7.60. The van der Waals surface area contributed by atoms with E-state index in [1.165, 1.54) is 30.3 Å². The molecule has 3 fully saturated rings. The molecule has 0 radical (unpaired) electrons. The third-order valence-electron chi connectivity index (χ3n) is 9.69. The fraction of sp³-hybridized carbons (Fsp3) is 0.424. The molecule has 8 rings (SSSR count). The summed E-state index contributed by atoms with van der Waals surface area (Å²) >= 11 is 0. The van der Waals surface area contributed by atoms with Gasteiger partial charge < -0.3 is 24.2 Å². The van der Waals surface area contributed by atoms with Crippen molar-refractivity contribution in [2.75, 3.05) is 51.0 Å². The molecule has 1 N–H and O–H groups in total. The first-order valence-electron chi connectivity index (χ1n) is 15.3. The van der Waals surface area contributed by atoms with Crippen LogP contribution in [0.15, 0.2) is 30.8 Å². The van der Waals surface area contributed by atoms with Gasteiger partial charge in [0.15, 0.2) is 5.82 Å². The van der Waals surface area contributed by atoms with E-state index in [1.54, 1.807) is 0 Å². The molecule has 0 saturated carbocycles. The second-order valence-electron chi connectivity index (χ2n) is 12.3. The van der Waals surface area contributed by atoms with Crippen LogP contribution in [0.1, 0.15) is 31.2 Å². The number of benzene rings is 2. The summed E-state index contributed by atoms with van der Waals surface area (Å²) in [7, 11) is 0. The lowest BCUT2D eigenvalue weighted by atomic mass is 9.95. The van der Waals surface area contributed by atoms with E-state index in [1.807, 2.05) is 4.90 Å². The highest BCUT2D eigenvalue weighted by molar-refractivity contribution is 6.05. The number of anilines is 1. The van der Waals surface area contributed by atoms with Crippen molar-refractivity contribution in [2.24, 2.45) is 0 Å².